The number of nitrogens with zero attached hydrogens (tertiary/aromatic N) is 2. The van der Waals surface area contributed by atoms with Gasteiger partial charge in [0.1, 0.15) is 5.82 Å². The Balaban J connectivity index is 2.10. The van der Waals surface area contributed by atoms with Gasteiger partial charge in [0.05, 0.1) is 11.6 Å². The molecule has 26 heavy (non-hydrogen) atoms. The van der Waals surface area contributed by atoms with Crippen molar-refractivity contribution in [2.75, 3.05) is 11.9 Å². The normalized spacial score (nSPS) is 19.0. The number of rotatable bonds is 2. The highest BCUT2D eigenvalue weighted by Crippen LogP contribution is 2.43. The van der Waals surface area contributed by atoms with E-state index in [4.69, 9.17) is 11.6 Å². The molecular weight excluding hydrogens is 347 g/mol. The van der Waals surface area contributed by atoms with Crippen molar-refractivity contribution in [2.24, 2.45) is 0 Å². The Morgan fingerprint density at radius 1 is 1.35 bits per heavy atom. The molecule has 1 heterocycles. The number of allylic oxidation sites excluding steroid dienone is 1. The molecule has 2 aromatic carbocycles. The summed E-state index contributed by atoms with van der Waals surface area (Å²) < 4.78 is 14.8. The maximum Gasteiger partial charge on any atom is 0.132 e. The van der Waals surface area contributed by atoms with Crippen LogP contribution in [0.25, 0.3) is 11.6 Å². The van der Waals surface area contributed by atoms with Crippen LogP contribution in [0, 0.1) is 17.1 Å². The smallest absolute Gasteiger partial charge is 0.132 e. The van der Waals surface area contributed by atoms with Crippen LogP contribution in [0.15, 0.2) is 36.4 Å². The SMILES string of the molecule is CC1CC(C)(C)N(C)c2cc(F)c(/C=C(\C#N)c3cccc(Cl)c3)cc21. The van der Waals surface area contributed by atoms with E-state index in [2.05, 4.69) is 31.7 Å². The summed E-state index contributed by atoms with van der Waals surface area (Å²) in [6.07, 6.45) is 2.60. The van der Waals surface area contributed by atoms with Gasteiger partial charge in [0.25, 0.3) is 0 Å². The highest BCUT2D eigenvalue weighted by Gasteiger charge is 2.34. The maximum atomic E-state index is 14.8. The minimum atomic E-state index is -0.324. The third-order valence-corrected chi connectivity index (χ3v) is 5.54. The molecule has 1 aliphatic heterocycles. The van der Waals surface area contributed by atoms with Crippen LogP contribution in [0.3, 0.4) is 0 Å². The number of benzene rings is 2. The molecule has 0 spiro atoms. The fourth-order valence-electron chi connectivity index (χ4n) is 3.71. The lowest BCUT2D eigenvalue weighted by atomic mass is 9.80. The molecule has 0 saturated carbocycles. The third-order valence-electron chi connectivity index (χ3n) is 5.31. The van der Waals surface area contributed by atoms with Crippen LogP contribution in [0.1, 0.15) is 49.8 Å². The number of nitriles is 1. The second-order valence-electron chi connectivity index (χ2n) is 7.59. The number of fused-ring (bicyclic) bond motifs is 1. The Kier molecular flexibility index (Phi) is 4.82. The molecule has 0 fully saturated rings. The van der Waals surface area contributed by atoms with Gasteiger partial charge < -0.3 is 4.90 Å². The van der Waals surface area contributed by atoms with E-state index in [1.807, 2.05) is 13.1 Å². The monoisotopic (exact) mass is 368 g/mol. The summed E-state index contributed by atoms with van der Waals surface area (Å²) in [5, 5.41) is 10.1. The zero-order valence-electron chi connectivity index (χ0n) is 15.5. The number of anilines is 1. The standard InChI is InChI=1S/C22H22ClFN2/c1-14-12-22(2,3)26(4)21-11-20(24)16(10-19(14)21)8-17(13-25)15-6-5-7-18(23)9-15/h5-11,14H,12H2,1-4H3/b17-8+. The number of hydrogen-bond donors (Lipinski definition) is 0. The third kappa shape index (κ3) is 3.34. The van der Waals surface area contributed by atoms with Crippen molar-refractivity contribution in [3.63, 3.8) is 0 Å². The van der Waals surface area contributed by atoms with Crippen LogP contribution in [-0.4, -0.2) is 12.6 Å². The van der Waals surface area contributed by atoms with Crippen LogP contribution >= 0.6 is 11.6 Å². The van der Waals surface area contributed by atoms with Gasteiger partial charge in [-0.2, -0.15) is 5.26 Å². The molecule has 0 aromatic heterocycles. The van der Waals surface area contributed by atoms with Gasteiger partial charge in [0.15, 0.2) is 0 Å². The maximum absolute atomic E-state index is 14.8. The molecule has 3 rings (SSSR count). The van der Waals surface area contributed by atoms with Crippen molar-refractivity contribution in [1.82, 2.24) is 0 Å². The van der Waals surface area contributed by atoms with Crippen LogP contribution in [0.4, 0.5) is 10.1 Å². The zero-order valence-corrected chi connectivity index (χ0v) is 16.2. The van der Waals surface area contributed by atoms with E-state index in [0.29, 0.717) is 27.6 Å². The van der Waals surface area contributed by atoms with Crippen molar-refractivity contribution < 1.29 is 4.39 Å². The Hall–Kier alpha value is -2.31. The minimum Gasteiger partial charge on any atom is -0.369 e. The van der Waals surface area contributed by atoms with Gasteiger partial charge in [0, 0.05) is 28.9 Å². The van der Waals surface area contributed by atoms with Gasteiger partial charge in [-0.3, -0.25) is 0 Å². The molecule has 0 N–H and O–H groups in total. The van der Waals surface area contributed by atoms with Gasteiger partial charge in [-0.05, 0) is 67.7 Å². The molecule has 0 saturated heterocycles. The zero-order chi connectivity index (χ0) is 19.1. The summed E-state index contributed by atoms with van der Waals surface area (Å²) in [6, 6.07) is 12.7. The Labute approximate surface area is 159 Å². The molecule has 134 valence electrons. The predicted octanol–water partition coefficient (Wildman–Crippen LogP) is 6.27. The summed E-state index contributed by atoms with van der Waals surface area (Å²) in [4.78, 5) is 2.14. The summed E-state index contributed by atoms with van der Waals surface area (Å²) in [7, 11) is 2.01. The first-order valence-electron chi connectivity index (χ1n) is 8.68. The minimum absolute atomic E-state index is 0.0190. The van der Waals surface area contributed by atoms with Crippen LogP contribution in [-0.2, 0) is 0 Å². The van der Waals surface area contributed by atoms with E-state index >= 15 is 0 Å². The van der Waals surface area contributed by atoms with Gasteiger partial charge in [0.2, 0.25) is 0 Å². The van der Waals surface area contributed by atoms with Gasteiger partial charge in [-0.15, -0.1) is 0 Å². The molecule has 4 heteroatoms. The summed E-state index contributed by atoms with van der Waals surface area (Å²) >= 11 is 6.02. The van der Waals surface area contributed by atoms with Crippen molar-refractivity contribution in [2.45, 2.75) is 38.6 Å². The van der Waals surface area contributed by atoms with Crippen molar-refractivity contribution in [3.8, 4) is 6.07 Å². The van der Waals surface area contributed by atoms with Crippen LogP contribution in [0.2, 0.25) is 5.02 Å². The molecule has 0 bridgehead atoms. The Morgan fingerprint density at radius 2 is 2.08 bits per heavy atom. The number of halogens is 2. The fraction of sp³-hybridized carbons (Fsp3) is 0.318. The summed E-state index contributed by atoms with van der Waals surface area (Å²) in [6.45, 7) is 6.51. The summed E-state index contributed by atoms with van der Waals surface area (Å²) in [5.74, 6) is -0.00377. The molecular formula is C22H22ClFN2. The van der Waals surface area contributed by atoms with Crippen LogP contribution in [0.5, 0.6) is 0 Å². The van der Waals surface area contributed by atoms with E-state index in [-0.39, 0.29) is 11.4 Å². The van der Waals surface area contributed by atoms with Gasteiger partial charge in [-0.1, -0.05) is 30.7 Å². The molecule has 1 aliphatic rings. The highest BCUT2D eigenvalue weighted by atomic mass is 35.5. The summed E-state index contributed by atoms with van der Waals surface area (Å²) in [5.41, 5.74) is 3.52. The average molecular weight is 369 g/mol. The van der Waals surface area contributed by atoms with Crippen LogP contribution < -0.4 is 4.90 Å². The van der Waals surface area contributed by atoms with E-state index in [0.717, 1.165) is 17.7 Å². The molecule has 2 aromatic rings. The van der Waals surface area contributed by atoms with Gasteiger partial charge >= 0.3 is 0 Å². The van der Waals surface area contributed by atoms with Crippen molar-refractivity contribution in [1.29, 1.82) is 5.26 Å². The Morgan fingerprint density at radius 3 is 2.73 bits per heavy atom. The second-order valence-corrected chi connectivity index (χ2v) is 8.03. The van der Waals surface area contributed by atoms with E-state index in [1.54, 1.807) is 36.4 Å². The molecule has 0 amide bonds. The first-order chi connectivity index (χ1) is 12.2. The lowest BCUT2D eigenvalue weighted by Crippen LogP contribution is -2.45. The van der Waals surface area contributed by atoms with Crippen molar-refractivity contribution >= 4 is 28.9 Å². The molecule has 0 radical (unpaired) electrons. The second kappa shape index (κ2) is 6.78. The van der Waals surface area contributed by atoms with E-state index < -0.39 is 0 Å². The molecule has 0 aliphatic carbocycles. The molecule has 1 unspecified atom stereocenters. The lowest BCUT2D eigenvalue weighted by molar-refractivity contribution is 0.394. The van der Waals surface area contributed by atoms with E-state index in [1.165, 1.54) is 0 Å². The first kappa shape index (κ1) is 18.5. The lowest BCUT2D eigenvalue weighted by Gasteiger charge is -2.45. The largest absolute Gasteiger partial charge is 0.369 e. The topological polar surface area (TPSA) is 27.0 Å². The highest BCUT2D eigenvalue weighted by molar-refractivity contribution is 6.30. The first-order valence-corrected chi connectivity index (χ1v) is 9.06. The van der Waals surface area contributed by atoms with E-state index in [9.17, 15) is 9.65 Å². The average Bonchev–Trinajstić information content (AvgIpc) is 2.58. The fourth-order valence-corrected chi connectivity index (χ4v) is 3.90. The quantitative estimate of drug-likeness (QED) is 0.461. The molecule has 1 atom stereocenters. The predicted molar refractivity (Wildman–Crippen MR) is 107 cm³/mol. The Bertz CT molecular complexity index is 924. The number of hydrogen-bond acceptors (Lipinski definition) is 2. The van der Waals surface area contributed by atoms with Crippen molar-refractivity contribution in [3.05, 3.63) is 63.9 Å². The van der Waals surface area contributed by atoms with Gasteiger partial charge in [-0.25, -0.2) is 4.39 Å². The molecule has 2 nitrogen and oxygen atoms in total.